The summed E-state index contributed by atoms with van der Waals surface area (Å²) in [7, 11) is 1.28. The molecule has 1 aromatic heterocycles. The molecule has 1 aliphatic rings. The van der Waals surface area contributed by atoms with Crippen LogP contribution in [0.15, 0.2) is 42.6 Å². The molecule has 1 fully saturated rings. The number of aromatic nitrogens is 1. The number of anilines is 1. The van der Waals surface area contributed by atoms with Gasteiger partial charge < -0.3 is 15.0 Å². The van der Waals surface area contributed by atoms with Crippen molar-refractivity contribution in [3.8, 4) is 0 Å². The number of hydrogen-bond donors (Lipinski definition) is 1. The lowest BCUT2D eigenvalue weighted by atomic mass is 10.1. The number of benzene rings is 1. The standard InChI is InChI=1S/C19H18ClN3O4/c1-27-19(26)12-5-6-15(20)16(8-12)23-11-13(9-17(23)24)18(25)22-10-14-4-2-3-7-21-14/h2-8,13H,9-11H2,1H3,(H,22,25). The van der Waals surface area contributed by atoms with Crippen LogP contribution in [-0.2, 0) is 20.9 Å². The first-order valence-corrected chi connectivity index (χ1v) is 8.73. The second-order valence-electron chi connectivity index (χ2n) is 6.10. The molecule has 1 aliphatic heterocycles. The fraction of sp³-hybridized carbons (Fsp3) is 0.263. The van der Waals surface area contributed by atoms with Crippen molar-refractivity contribution in [3.63, 3.8) is 0 Å². The van der Waals surface area contributed by atoms with Gasteiger partial charge in [0.2, 0.25) is 11.8 Å². The Hall–Kier alpha value is -2.93. The van der Waals surface area contributed by atoms with E-state index in [1.54, 1.807) is 12.3 Å². The zero-order chi connectivity index (χ0) is 19.4. The van der Waals surface area contributed by atoms with E-state index in [9.17, 15) is 14.4 Å². The summed E-state index contributed by atoms with van der Waals surface area (Å²) >= 11 is 6.20. The van der Waals surface area contributed by atoms with E-state index in [0.717, 1.165) is 5.69 Å². The van der Waals surface area contributed by atoms with Crippen molar-refractivity contribution in [1.29, 1.82) is 0 Å². The van der Waals surface area contributed by atoms with Gasteiger partial charge in [-0.15, -0.1) is 0 Å². The van der Waals surface area contributed by atoms with Crippen molar-refractivity contribution in [2.24, 2.45) is 5.92 Å². The smallest absolute Gasteiger partial charge is 0.337 e. The molecule has 140 valence electrons. The van der Waals surface area contributed by atoms with Crippen LogP contribution < -0.4 is 10.2 Å². The van der Waals surface area contributed by atoms with Gasteiger partial charge >= 0.3 is 5.97 Å². The molecule has 3 rings (SSSR count). The minimum atomic E-state index is -0.524. The Labute approximate surface area is 161 Å². The SMILES string of the molecule is COC(=O)c1ccc(Cl)c(N2CC(C(=O)NCc3ccccn3)CC2=O)c1. The van der Waals surface area contributed by atoms with E-state index in [0.29, 0.717) is 17.3 Å². The predicted molar refractivity (Wildman–Crippen MR) is 99.3 cm³/mol. The van der Waals surface area contributed by atoms with Gasteiger partial charge in [-0.2, -0.15) is 0 Å². The number of rotatable bonds is 5. The zero-order valence-corrected chi connectivity index (χ0v) is 15.4. The van der Waals surface area contributed by atoms with Crippen molar-refractivity contribution < 1.29 is 19.1 Å². The van der Waals surface area contributed by atoms with Crippen molar-refractivity contribution >= 4 is 35.1 Å². The summed E-state index contributed by atoms with van der Waals surface area (Å²) in [5.41, 5.74) is 1.41. The Morgan fingerprint density at radius 1 is 1.33 bits per heavy atom. The Morgan fingerprint density at radius 2 is 2.15 bits per heavy atom. The third-order valence-electron chi connectivity index (χ3n) is 4.32. The highest BCUT2D eigenvalue weighted by Crippen LogP contribution is 2.32. The lowest BCUT2D eigenvalue weighted by Crippen LogP contribution is -2.33. The minimum absolute atomic E-state index is 0.0762. The van der Waals surface area contributed by atoms with Crippen LogP contribution in [0, 0.1) is 5.92 Å². The summed E-state index contributed by atoms with van der Waals surface area (Å²) in [6, 6.07) is 10.0. The number of halogens is 1. The average molecular weight is 388 g/mol. The lowest BCUT2D eigenvalue weighted by Gasteiger charge is -2.19. The van der Waals surface area contributed by atoms with Crippen LogP contribution in [0.5, 0.6) is 0 Å². The number of nitrogens with one attached hydrogen (secondary N) is 1. The Kier molecular flexibility index (Phi) is 5.71. The van der Waals surface area contributed by atoms with E-state index in [1.165, 1.54) is 30.2 Å². The van der Waals surface area contributed by atoms with Crippen molar-refractivity contribution in [1.82, 2.24) is 10.3 Å². The topological polar surface area (TPSA) is 88.6 Å². The molecule has 2 heterocycles. The number of nitrogens with zero attached hydrogens (tertiary/aromatic N) is 2. The van der Waals surface area contributed by atoms with E-state index in [2.05, 4.69) is 10.3 Å². The Balaban J connectivity index is 1.70. The first-order chi connectivity index (χ1) is 13.0. The van der Waals surface area contributed by atoms with Crippen LogP contribution in [0.25, 0.3) is 0 Å². The number of hydrogen-bond acceptors (Lipinski definition) is 5. The Bertz CT molecular complexity index is 873. The second-order valence-corrected chi connectivity index (χ2v) is 6.51. The fourth-order valence-corrected chi connectivity index (χ4v) is 3.12. The summed E-state index contributed by atoms with van der Waals surface area (Å²) in [6.07, 6.45) is 1.73. The number of carbonyl (C=O) groups is 3. The Morgan fingerprint density at radius 3 is 2.85 bits per heavy atom. The summed E-state index contributed by atoms with van der Waals surface area (Å²) in [5, 5.41) is 3.12. The molecule has 0 saturated carbocycles. The summed E-state index contributed by atoms with van der Waals surface area (Å²) in [4.78, 5) is 42.2. The van der Waals surface area contributed by atoms with Gasteiger partial charge in [0.25, 0.3) is 0 Å². The van der Waals surface area contributed by atoms with Crippen molar-refractivity contribution in [2.75, 3.05) is 18.6 Å². The molecule has 0 aliphatic carbocycles. The van der Waals surface area contributed by atoms with Crippen LogP contribution in [-0.4, -0.2) is 36.4 Å². The van der Waals surface area contributed by atoms with Crippen LogP contribution in [0.3, 0.4) is 0 Å². The highest BCUT2D eigenvalue weighted by molar-refractivity contribution is 6.34. The third kappa shape index (κ3) is 4.25. The normalized spacial score (nSPS) is 16.3. The minimum Gasteiger partial charge on any atom is -0.465 e. The number of amides is 2. The molecule has 7 nitrogen and oxygen atoms in total. The van der Waals surface area contributed by atoms with E-state index in [4.69, 9.17) is 16.3 Å². The molecule has 1 aromatic carbocycles. The largest absolute Gasteiger partial charge is 0.465 e. The monoisotopic (exact) mass is 387 g/mol. The summed E-state index contributed by atoms with van der Waals surface area (Å²) in [6.45, 7) is 0.486. The van der Waals surface area contributed by atoms with E-state index >= 15 is 0 Å². The van der Waals surface area contributed by atoms with Gasteiger partial charge in [-0.25, -0.2) is 4.79 Å². The van der Waals surface area contributed by atoms with Gasteiger partial charge in [0, 0.05) is 19.2 Å². The molecule has 1 atom stereocenters. The molecular weight excluding hydrogens is 370 g/mol. The molecule has 8 heteroatoms. The molecule has 1 unspecified atom stereocenters. The molecule has 0 spiro atoms. The van der Waals surface area contributed by atoms with Gasteiger partial charge in [-0.05, 0) is 30.3 Å². The molecule has 1 N–H and O–H groups in total. The fourth-order valence-electron chi connectivity index (χ4n) is 2.91. The predicted octanol–water partition coefficient (Wildman–Crippen LogP) is 2.19. The quantitative estimate of drug-likeness (QED) is 0.794. The lowest BCUT2D eigenvalue weighted by molar-refractivity contribution is -0.126. The van der Waals surface area contributed by atoms with Crippen LogP contribution in [0.2, 0.25) is 5.02 Å². The molecule has 1 saturated heterocycles. The van der Waals surface area contributed by atoms with Crippen LogP contribution in [0.1, 0.15) is 22.5 Å². The van der Waals surface area contributed by atoms with Gasteiger partial charge in [0.15, 0.2) is 0 Å². The molecule has 2 aromatic rings. The molecule has 27 heavy (non-hydrogen) atoms. The molecule has 2 amide bonds. The van der Waals surface area contributed by atoms with Crippen molar-refractivity contribution in [2.45, 2.75) is 13.0 Å². The van der Waals surface area contributed by atoms with Gasteiger partial charge in [0.1, 0.15) is 0 Å². The van der Waals surface area contributed by atoms with Crippen molar-refractivity contribution in [3.05, 3.63) is 58.9 Å². The van der Waals surface area contributed by atoms with Gasteiger partial charge in [-0.1, -0.05) is 17.7 Å². The maximum Gasteiger partial charge on any atom is 0.337 e. The number of carbonyl (C=O) groups excluding carboxylic acids is 3. The maximum atomic E-state index is 12.4. The number of methoxy groups -OCH3 is 1. The third-order valence-corrected chi connectivity index (χ3v) is 4.64. The van der Waals surface area contributed by atoms with Gasteiger partial charge in [0.05, 0.1) is 41.5 Å². The average Bonchev–Trinajstić information content (AvgIpc) is 3.08. The summed E-state index contributed by atoms with van der Waals surface area (Å²) < 4.78 is 4.70. The van der Waals surface area contributed by atoms with E-state index < -0.39 is 11.9 Å². The maximum absolute atomic E-state index is 12.4. The molecule has 0 bridgehead atoms. The molecular formula is C19H18ClN3O4. The number of esters is 1. The zero-order valence-electron chi connectivity index (χ0n) is 14.6. The van der Waals surface area contributed by atoms with Gasteiger partial charge in [-0.3, -0.25) is 14.6 Å². The van der Waals surface area contributed by atoms with Crippen LogP contribution >= 0.6 is 11.6 Å². The first-order valence-electron chi connectivity index (χ1n) is 8.35. The highest BCUT2D eigenvalue weighted by atomic mass is 35.5. The number of ether oxygens (including phenoxy) is 1. The highest BCUT2D eigenvalue weighted by Gasteiger charge is 2.36. The van der Waals surface area contributed by atoms with Crippen LogP contribution in [0.4, 0.5) is 5.69 Å². The second kappa shape index (κ2) is 8.18. The number of pyridine rings is 1. The first kappa shape index (κ1) is 18.8. The molecule has 0 radical (unpaired) electrons. The summed E-state index contributed by atoms with van der Waals surface area (Å²) in [5.74, 6) is -1.48. The van der Waals surface area contributed by atoms with E-state index in [-0.39, 0.29) is 30.3 Å². The van der Waals surface area contributed by atoms with E-state index in [1.807, 2.05) is 12.1 Å².